The number of hydrogen-bond donors (Lipinski definition) is 2. The molecule has 1 saturated heterocycles. The normalized spacial score (nSPS) is 14.0. The van der Waals surface area contributed by atoms with Crippen molar-refractivity contribution in [1.29, 1.82) is 0 Å². The molecule has 0 radical (unpaired) electrons. The Morgan fingerprint density at radius 2 is 1.82 bits per heavy atom. The smallest absolute Gasteiger partial charge is 0.147 e. The first kappa shape index (κ1) is 18.6. The molecule has 0 saturated carbocycles. The number of H-pyrrole nitrogens is 1. The Morgan fingerprint density at radius 1 is 1.11 bits per heavy atom. The van der Waals surface area contributed by atoms with Gasteiger partial charge in [0, 0.05) is 42.1 Å². The summed E-state index contributed by atoms with van der Waals surface area (Å²) in [5.74, 6) is -0.189. The quantitative estimate of drug-likeness (QED) is 0.608. The molecule has 1 aliphatic heterocycles. The summed E-state index contributed by atoms with van der Waals surface area (Å²) in [6.45, 7) is 11.3. The fourth-order valence-corrected chi connectivity index (χ4v) is 4.24. The largest absolute Gasteiger partial charge is 0.385 e. The van der Waals surface area contributed by atoms with Gasteiger partial charge < -0.3 is 15.2 Å². The molecule has 0 atom stereocenters. The molecule has 3 nitrogen and oxygen atoms in total. The molecule has 1 aromatic heterocycles. The van der Waals surface area contributed by atoms with Crippen LogP contribution in [0, 0.1) is 19.7 Å². The Balaban J connectivity index is 1.41. The number of nitrogens with one attached hydrogen (secondary N) is 2. The third kappa shape index (κ3) is 3.51. The van der Waals surface area contributed by atoms with Crippen LogP contribution in [0.25, 0.3) is 16.6 Å². The second-order valence-corrected chi connectivity index (χ2v) is 7.74. The molecule has 0 spiro atoms. The van der Waals surface area contributed by atoms with Gasteiger partial charge in [0.05, 0.1) is 5.52 Å². The topological polar surface area (TPSA) is 31.1 Å². The van der Waals surface area contributed by atoms with E-state index >= 15 is 0 Å². The van der Waals surface area contributed by atoms with E-state index in [1.807, 2.05) is 19.9 Å². The molecule has 1 aliphatic rings. The third-order valence-corrected chi connectivity index (χ3v) is 5.83. The van der Waals surface area contributed by atoms with Gasteiger partial charge >= 0.3 is 0 Å². The van der Waals surface area contributed by atoms with Crippen LogP contribution < -0.4 is 10.2 Å². The van der Waals surface area contributed by atoms with E-state index in [1.54, 1.807) is 0 Å². The van der Waals surface area contributed by atoms with Crippen LogP contribution in [0.3, 0.4) is 0 Å². The summed E-state index contributed by atoms with van der Waals surface area (Å²) in [4.78, 5) is 5.64. The van der Waals surface area contributed by atoms with Crippen molar-refractivity contribution in [1.82, 2.24) is 10.3 Å². The highest BCUT2D eigenvalue weighted by Crippen LogP contribution is 2.28. The number of rotatable bonds is 6. The van der Waals surface area contributed by atoms with Crippen molar-refractivity contribution in [2.75, 3.05) is 24.5 Å². The molecule has 1 fully saturated rings. The minimum atomic E-state index is -0.189. The van der Waals surface area contributed by atoms with Crippen LogP contribution in [-0.2, 0) is 6.42 Å². The van der Waals surface area contributed by atoms with Crippen molar-refractivity contribution in [3.8, 4) is 0 Å². The van der Waals surface area contributed by atoms with Gasteiger partial charge in [0.2, 0.25) is 0 Å². The summed E-state index contributed by atoms with van der Waals surface area (Å²) in [6, 6.07) is 12.0. The van der Waals surface area contributed by atoms with Crippen molar-refractivity contribution in [2.24, 2.45) is 0 Å². The first-order valence-electron chi connectivity index (χ1n) is 10.1. The summed E-state index contributed by atoms with van der Waals surface area (Å²) in [7, 11) is 0. The maximum absolute atomic E-state index is 14.1. The molecular weight excluding hydrogens is 349 g/mol. The number of nitrogens with zero attached hydrogens (tertiary/aromatic N) is 1. The van der Waals surface area contributed by atoms with Gasteiger partial charge in [-0.25, -0.2) is 4.39 Å². The number of anilines is 1. The lowest BCUT2D eigenvalue weighted by atomic mass is 10.0. The second-order valence-electron chi connectivity index (χ2n) is 7.74. The minimum absolute atomic E-state index is 0.189. The lowest BCUT2D eigenvalue weighted by Crippen LogP contribution is -2.18. The van der Waals surface area contributed by atoms with E-state index in [9.17, 15) is 4.39 Å². The Kier molecular flexibility index (Phi) is 5.12. The molecule has 0 amide bonds. The predicted molar refractivity (Wildman–Crippen MR) is 116 cm³/mol. The second kappa shape index (κ2) is 7.70. The van der Waals surface area contributed by atoms with Crippen LogP contribution in [0.2, 0.25) is 0 Å². The highest BCUT2D eigenvalue weighted by Gasteiger charge is 2.14. The number of hydrogen-bond acceptors (Lipinski definition) is 2. The van der Waals surface area contributed by atoms with Gasteiger partial charge in [0.1, 0.15) is 5.82 Å². The average molecular weight is 378 g/mol. The molecule has 0 aliphatic carbocycles. The zero-order valence-electron chi connectivity index (χ0n) is 16.7. The molecule has 2 aromatic carbocycles. The zero-order chi connectivity index (χ0) is 19.7. The van der Waals surface area contributed by atoms with Crippen molar-refractivity contribution in [3.63, 3.8) is 0 Å². The summed E-state index contributed by atoms with van der Waals surface area (Å²) in [5.41, 5.74) is 7.26. The van der Waals surface area contributed by atoms with E-state index in [4.69, 9.17) is 0 Å². The molecule has 28 heavy (non-hydrogen) atoms. The predicted octanol–water partition coefficient (Wildman–Crippen LogP) is 5.33. The fourth-order valence-electron chi connectivity index (χ4n) is 4.24. The van der Waals surface area contributed by atoms with Gasteiger partial charge in [-0.15, -0.1) is 0 Å². The van der Waals surface area contributed by atoms with E-state index in [-0.39, 0.29) is 5.82 Å². The zero-order valence-corrected chi connectivity index (χ0v) is 16.7. The van der Waals surface area contributed by atoms with E-state index in [0.717, 1.165) is 54.0 Å². The number of aromatic amines is 1. The van der Waals surface area contributed by atoms with Crippen molar-refractivity contribution >= 4 is 22.3 Å². The highest BCUT2D eigenvalue weighted by atomic mass is 19.1. The van der Waals surface area contributed by atoms with E-state index < -0.39 is 0 Å². The molecule has 0 bridgehead atoms. The van der Waals surface area contributed by atoms with Crippen LogP contribution >= 0.6 is 0 Å². The number of benzene rings is 2. The summed E-state index contributed by atoms with van der Waals surface area (Å²) < 4.78 is 14.1. The SMILES string of the molecule is C=C(NCCc1c(C)[nH]c2c(F)ccc(C)c12)c1ccc(N2CCCC2)cc1. The summed E-state index contributed by atoms with van der Waals surface area (Å²) >= 11 is 0. The molecule has 2 heterocycles. The summed E-state index contributed by atoms with van der Waals surface area (Å²) in [5, 5.41) is 4.45. The first-order valence-corrected chi connectivity index (χ1v) is 10.1. The van der Waals surface area contributed by atoms with E-state index in [0.29, 0.717) is 5.52 Å². The van der Waals surface area contributed by atoms with Crippen LogP contribution in [0.4, 0.5) is 10.1 Å². The summed E-state index contributed by atoms with van der Waals surface area (Å²) in [6.07, 6.45) is 3.39. The molecule has 3 aromatic rings. The van der Waals surface area contributed by atoms with Gasteiger partial charge in [-0.2, -0.15) is 0 Å². The molecule has 2 N–H and O–H groups in total. The lowest BCUT2D eigenvalue weighted by Gasteiger charge is -2.18. The van der Waals surface area contributed by atoms with E-state index in [1.165, 1.54) is 30.2 Å². The van der Waals surface area contributed by atoms with Crippen LogP contribution in [0.5, 0.6) is 0 Å². The standard InChI is InChI=1S/C24H28FN3/c1-16-6-11-22(25)24-23(16)21(18(3)27-24)12-13-26-17(2)19-7-9-20(10-8-19)28-14-4-5-15-28/h6-11,26-27H,2,4-5,12-15H2,1,3H3. The van der Waals surface area contributed by atoms with Crippen LogP contribution in [0.15, 0.2) is 43.0 Å². The number of aromatic nitrogens is 1. The Bertz CT molecular complexity index is 995. The van der Waals surface area contributed by atoms with Gasteiger partial charge in [0.25, 0.3) is 0 Å². The Labute approximate surface area is 166 Å². The maximum Gasteiger partial charge on any atom is 0.147 e. The van der Waals surface area contributed by atoms with Gasteiger partial charge in [0.15, 0.2) is 0 Å². The average Bonchev–Trinajstić information content (AvgIpc) is 3.34. The molecule has 4 heteroatoms. The van der Waals surface area contributed by atoms with Crippen molar-refractivity contribution in [3.05, 3.63) is 71.2 Å². The number of aryl methyl sites for hydroxylation is 2. The van der Waals surface area contributed by atoms with Crippen molar-refractivity contribution in [2.45, 2.75) is 33.1 Å². The van der Waals surface area contributed by atoms with Crippen LogP contribution in [-0.4, -0.2) is 24.6 Å². The third-order valence-electron chi connectivity index (χ3n) is 5.83. The molecular formula is C24H28FN3. The van der Waals surface area contributed by atoms with E-state index in [2.05, 4.69) is 46.0 Å². The minimum Gasteiger partial charge on any atom is -0.385 e. The lowest BCUT2D eigenvalue weighted by molar-refractivity contribution is 0.637. The van der Waals surface area contributed by atoms with Gasteiger partial charge in [-0.3, -0.25) is 0 Å². The number of halogens is 1. The van der Waals surface area contributed by atoms with Gasteiger partial charge in [-0.1, -0.05) is 24.8 Å². The maximum atomic E-state index is 14.1. The first-order chi connectivity index (χ1) is 13.5. The highest BCUT2D eigenvalue weighted by molar-refractivity contribution is 5.88. The number of fused-ring (bicyclic) bond motifs is 1. The van der Waals surface area contributed by atoms with Crippen molar-refractivity contribution < 1.29 is 4.39 Å². The monoisotopic (exact) mass is 377 g/mol. The Hall–Kier alpha value is -2.75. The fraction of sp³-hybridized carbons (Fsp3) is 0.333. The van der Waals surface area contributed by atoms with Crippen LogP contribution in [0.1, 0.15) is 35.2 Å². The molecule has 146 valence electrons. The van der Waals surface area contributed by atoms with Gasteiger partial charge in [-0.05, 0) is 68.0 Å². The Morgan fingerprint density at radius 3 is 2.54 bits per heavy atom. The molecule has 0 unspecified atom stereocenters. The molecule has 4 rings (SSSR count).